The molecule has 0 aliphatic heterocycles. The molecule has 0 radical (unpaired) electrons. The number of hydrogen-bond acceptors (Lipinski definition) is 4. The molecule has 3 rings (SSSR count). The van der Waals surface area contributed by atoms with Crippen molar-refractivity contribution in [3.63, 3.8) is 0 Å². The van der Waals surface area contributed by atoms with Crippen molar-refractivity contribution in [2.45, 2.75) is 6.61 Å². The molecular weight excluding hydrogens is 437 g/mol. The number of carbonyl (C=O) groups is 2. The van der Waals surface area contributed by atoms with E-state index in [-0.39, 0.29) is 34.6 Å². The minimum Gasteiger partial charge on any atom is -0.493 e. The second-order valence-corrected chi connectivity index (χ2v) is 7.04. The van der Waals surface area contributed by atoms with Crippen LogP contribution in [0.1, 0.15) is 21.5 Å². The molecule has 0 unspecified atom stereocenters. The van der Waals surface area contributed by atoms with E-state index in [1.165, 1.54) is 37.5 Å². The number of carbonyl (C=O) groups excluding carboxylic acids is 1. The average molecular weight is 456 g/mol. The van der Waals surface area contributed by atoms with E-state index in [2.05, 4.69) is 5.32 Å². The lowest BCUT2D eigenvalue weighted by Gasteiger charge is -2.14. The number of nitrogens with one attached hydrogen (secondary N) is 1. The minimum absolute atomic E-state index is 0.124. The number of aliphatic carboxylic acids is 1. The van der Waals surface area contributed by atoms with Gasteiger partial charge < -0.3 is 19.9 Å². The van der Waals surface area contributed by atoms with Gasteiger partial charge in [-0.15, -0.1) is 0 Å². The molecule has 0 saturated carbocycles. The number of hydrogen-bond donors (Lipinski definition) is 2. The van der Waals surface area contributed by atoms with Gasteiger partial charge in [0.25, 0.3) is 5.91 Å². The Bertz CT molecular complexity index is 1150. The lowest BCUT2D eigenvalue weighted by atomic mass is 10.1. The average Bonchev–Trinajstić information content (AvgIpc) is 2.79. The van der Waals surface area contributed by atoms with Crippen molar-refractivity contribution in [3.8, 4) is 11.5 Å². The van der Waals surface area contributed by atoms with Crippen LogP contribution in [-0.2, 0) is 11.4 Å². The number of methoxy groups -OCH3 is 1. The van der Waals surface area contributed by atoms with Crippen molar-refractivity contribution in [1.82, 2.24) is 5.32 Å². The highest BCUT2D eigenvalue weighted by Gasteiger charge is 2.16. The zero-order chi connectivity index (χ0) is 23.1. The highest BCUT2D eigenvalue weighted by Crippen LogP contribution is 2.37. The van der Waals surface area contributed by atoms with Crippen LogP contribution >= 0.6 is 11.6 Å². The van der Waals surface area contributed by atoms with Crippen LogP contribution in [0.3, 0.4) is 0 Å². The zero-order valence-electron chi connectivity index (χ0n) is 17.0. The summed E-state index contributed by atoms with van der Waals surface area (Å²) in [5.74, 6) is -1.71. The van der Waals surface area contributed by atoms with E-state index < -0.39 is 11.9 Å². The van der Waals surface area contributed by atoms with Crippen molar-refractivity contribution in [3.05, 3.63) is 100.0 Å². The number of benzene rings is 3. The quantitative estimate of drug-likeness (QED) is 0.471. The Kier molecular flexibility index (Phi) is 7.46. The van der Waals surface area contributed by atoms with Crippen molar-refractivity contribution in [1.29, 1.82) is 0 Å². The maximum absolute atomic E-state index is 13.1. The number of carboxylic acid groups (broad SMARTS) is 1. The van der Waals surface area contributed by atoms with Gasteiger partial charge in [0.05, 0.1) is 12.1 Å². The number of halogens is 2. The molecule has 0 saturated heterocycles. The molecule has 0 heterocycles. The number of amides is 1. The molecule has 2 N–H and O–H groups in total. The lowest BCUT2D eigenvalue weighted by molar-refractivity contribution is -0.132. The van der Waals surface area contributed by atoms with Crippen LogP contribution < -0.4 is 14.8 Å². The Balaban J connectivity index is 1.83. The molecule has 164 valence electrons. The number of carboxylic acids is 1. The fraction of sp³-hybridized carbons (Fsp3) is 0.0833. The van der Waals surface area contributed by atoms with E-state index in [4.69, 9.17) is 21.1 Å². The van der Waals surface area contributed by atoms with Crippen molar-refractivity contribution >= 4 is 29.6 Å². The summed E-state index contributed by atoms with van der Waals surface area (Å²) in [6.07, 6.45) is 1.27. The van der Waals surface area contributed by atoms with Crippen molar-refractivity contribution < 1.29 is 28.6 Å². The highest BCUT2D eigenvalue weighted by molar-refractivity contribution is 6.32. The van der Waals surface area contributed by atoms with Crippen LogP contribution in [0, 0.1) is 5.82 Å². The Morgan fingerprint density at radius 3 is 2.41 bits per heavy atom. The van der Waals surface area contributed by atoms with Crippen LogP contribution in [0.5, 0.6) is 11.5 Å². The monoisotopic (exact) mass is 455 g/mol. The lowest BCUT2D eigenvalue weighted by Crippen LogP contribution is -2.27. The van der Waals surface area contributed by atoms with Gasteiger partial charge in [-0.25, -0.2) is 9.18 Å². The first-order chi connectivity index (χ1) is 15.4. The molecule has 0 bridgehead atoms. The molecule has 0 fully saturated rings. The smallest absolute Gasteiger partial charge is 0.352 e. The van der Waals surface area contributed by atoms with E-state index in [1.807, 2.05) is 0 Å². The molecule has 3 aromatic carbocycles. The molecule has 0 atom stereocenters. The Morgan fingerprint density at radius 2 is 1.78 bits per heavy atom. The van der Waals surface area contributed by atoms with E-state index in [9.17, 15) is 19.1 Å². The molecule has 1 amide bonds. The molecule has 0 aromatic heterocycles. The fourth-order valence-electron chi connectivity index (χ4n) is 2.80. The Morgan fingerprint density at radius 1 is 1.09 bits per heavy atom. The topological polar surface area (TPSA) is 84.9 Å². The predicted molar refractivity (Wildman–Crippen MR) is 118 cm³/mol. The summed E-state index contributed by atoms with van der Waals surface area (Å²) in [6.45, 7) is 0.124. The first-order valence-electron chi connectivity index (χ1n) is 9.43. The third-order valence-electron chi connectivity index (χ3n) is 4.37. The van der Waals surface area contributed by atoms with Crippen LogP contribution in [0.25, 0.3) is 6.08 Å². The van der Waals surface area contributed by atoms with Gasteiger partial charge in [-0.1, -0.05) is 41.9 Å². The summed E-state index contributed by atoms with van der Waals surface area (Å²) < 4.78 is 24.1. The molecule has 6 nitrogen and oxygen atoms in total. The largest absolute Gasteiger partial charge is 0.493 e. The summed E-state index contributed by atoms with van der Waals surface area (Å²) in [5, 5.41) is 12.1. The van der Waals surface area contributed by atoms with E-state index in [1.54, 1.807) is 42.5 Å². The fourth-order valence-corrected chi connectivity index (χ4v) is 3.07. The van der Waals surface area contributed by atoms with E-state index in [0.717, 1.165) is 5.56 Å². The Labute approximate surface area is 188 Å². The molecule has 0 spiro atoms. The van der Waals surface area contributed by atoms with Gasteiger partial charge in [-0.3, -0.25) is 4.79 Å². The maximum Gasteiger partial charge on any atom is 0.352 e. The van der Waals surface area contributed by atoms with Gasteiger partial charge in [0.2, 0.25) is 0 Å². The molecule has 32 heavy (non-hydrogen) atoms. The third-order valence-corrected chi connectivity index (χ3v) is 4.65. The zero-order valence-corrected chi connectivity index (χ0v) is 17.7. The molecule has 0 aliphatic rings. The van der Waals surface area contributed by atoms with Gasteiger partial charge in [0.15, 0.2) is 11.5 Å². The van der Waals surface area contributed by atoms with Gasteiger partial charge in [-0.2, -0.15) is 0 Å². The molecule has 8 heteroatoms. The van der Waals surface area contributed by atoms with Gasteiger partial charge in [0, 0.05) is 5.56 Å². The summed E-state index contributed by atoms with van der Waals surface area (Å²) in [7, 11) is 1.42. The van der Waals surface area contributed by atoms with Gasteiger partial charge in [-0.05, 0) is 53.6 Å². The van der Waals surface area contributed by atoms with Gasteiger partial charge >= 0.3 is 5.97 Å². The second kappa shape index (κ2) is 10.5. The van der Waals surface area contributed by atoms with Gasteiger partial charge in [0.1, 0.15) is 18.1 Å². The van der Waals surface area contributed by atoms with Crippen LogP contribution in [-0.4, -0.2) is 24.1 Å². The van der Waals surface area contributed by atoms with Crippen molar-refractivity contribution in [2.75, 3.05) is 7.11 Å². The maximum atomic E-state index is 13.1. The molecule has 3 aromatic rings. The predicted octanol–water partition coefficient (Wildman–Crippen LogP) is 4.92. The van der Waals surface area contributed by atoms with E-state index in [0.29, 0.717) is 11.1 Å². The molecular formula is C24H19ClFNO5. The van der Waals surface area contributed by atoms with Crippen LogP contribution in [0.2, 0.25) is 5.02 Å². The standard InChI is InChI=1S/C24H19ClFNO5/c1-31-21-13-16(11-19(25)22(21)32-14-15-7-9-18(26)10-8-15)12-20(24(29)30)27-23(28)17-5-3-2-4-6-17/h2-13H,14H2,1H3,(H,27,28)(H,29,30). The summed E-state index contributed by atoms with van der Waals surface area (Å²) >= 11 is 6.34. The first-order valence-corrected chi connectivity index (χ1v) is 9.81. The summed E-state index contributed by atoms with van der Waals surface area (Å²) in [4.78, 5) is 24.0. The first kappa shape index (κ1) is 22.8. The summed E-state index contributed by atoms with van der Waals surface area (Å²) in [6, 6.07) is 17.1. The molecule has 0 aliphatic carbocycles. The highest BCUT2D eigenvalue weighted by atomic mass is 35.5. The Hall–Kier alpha value is -3.84. The number of ether oxygens (including phenoxy) is 2. The third kappa shape index (κ3) is 5.86. The minimum atomic E-state index is -1.32. The van der Waals surface area contributed by atoms with Crippen LogP contribution in [0.15, 0.2) is 72.4 Å². The normalized spacial score (nSPS) is 11.0. The van der Waals surface area contributed by atoms with Crippen LogP contribution in [0.4, 0.5) is 4.39 Å². The second-order valence-electron chi connectivity index (χ2n) is 6.63. The number of rotatable bonds is 8. The van der Waals surface area contributed by atoms with E-state index >= 15 is 0 Å². The van der Waals surface area contributed by atoms with Crippen molar-refractivity contribution in [2.24, 2.45) is 0 Å². The SMILES string of the molecule is COc1cc(C=C(NC(=O)c2ccccc2)C(=O)O)cc(Cl)c1OCc1ccc(F)cc1. The summed E-state index contributed by atoms with van der Waals surface area (Å²) in [5.41, 5.74) is 1.09.